The number of hydrogen-bond donors (Lipinski definition) is 1. The summed E-state index contributed by atoms with van der Waals surface area (Å²) >= 11 is 0. The first-order valence-corrected chi connectivity index (χ1v) is 8.25. The van der Waals surface area contributed by atoms with Gasteiger partial charge >= 0.3 is 0 Å². The minimum atomic E-state index is 0.0129. The number of piperidine rings is 1. The molecule has 5 heteroatoms. The van der Waals surface area contributed by atoms with Crippen molar-refractivity contribution in [1.82, 2.24) is 15.1 Å². The van der Waals surface area contributed by atoms with Crippen LogP contribution in [0.4, 0.5) is 5.69 Å². The van der Waals surface area contributed by atoms with Crippen LogP contribution in [0.15, 0.2) is 17.1 Å². The highest BCUT2D eigenvalue weighted by Crippen LogP contribution is 2.27. The van der Waals surface area contributed by atoms with Crippen molar-refractivity contribution in [3.8, 4) is 0 Å². The Hall–Kier alpha value is -1.36. The zero-order chi connectivity index (χ0) is 14.7. The van der Waals surface area contributed by atoms with E-state index in [2.05, 4.69) is 22.2 Å². The van der Waals surface area contributed by atoms with Crippen molar-refractivity contribution >= 4 is 5.69 Å². The Morgan fingerprint density at radius 3 is 2.95 bits per heavy atom. The third kappa shape index (κ3) is 4.06. The zero-order valence-electron chi connectivity index (χ0n) is 12.9. The molecule has 1 atom stereocenters. The predicted octanol–water partition coefficient (Wildman–Crippen LogP) is 1.48. The minimum absolute atomic E-state index is 0.0129. The van der Waals surface area contributed by atoms with Crippen LogP contribution in [0.5, 0.6) is 0 Å². The maximum atomic E-state index is 12.2. The van der Waals surface area contributed by atoms with Crippen LogP contribution in [-0.4, -0.2) is 36.0 Å². The van der Waals surface area contributed by atoms with E-state index in [1.165, 1.54) is 25.7 Å². The SMILES string of the molecule is CC1CCCN(c2cnn(CCNCC3CC3)c(=O)c2)C1. The molecular weight excluding hydrogens is 264 g/mol. The van der Waals surface area contributed by atoms with Crippen LogP contribution in [0.2, 0.25) is 0 Å². The van der Waals surface area contributed by atoms with Crippen molar-refractivity contribution in [2.75, 3.05) is 31.1 Å². The summed E-state index contributed by atoms with van der Waals surface area (Å²) in [5.41, 5.74) is 0.993. The smallest absolute Gasteiger partial charge is 0.268 e. The molecule has 2 aliphatic rings. The summed E-state index contributed by atoms with van der Waals surface area (Å²) in [5, 5.41) is 7.73. The number of rotatable bonds is 6. The number of nitrogens with one attached hydrogen (secondary N) is 1. The molecule has 116 valence electrons. The van der Waals surface area contributed by atoms with Gasteiger partial charge in [0.05, 0.1) is 18.4 Å². The van der Waals surface area contributed by atoms with Gasteiger partial charge in [-0.2, -0.15) is 5.10 Å². The van der Waals surface area contributed by atoms with Gasteiger partial charge in [0.15, 0.2) is 0 Å². The van der Waals surface area contributed by atoms with Crippen molar-refractivity contribution in [3.63, 3.8) is 0 Å². The third-order valence-electron chi connectivity index (χ3n) is 4.51. The van der Waals surface area contributed by atoms with E-state index in [9.17, 15) is 4.79 Å². The zero-order valence-corrected chi connectivity index (χ0v) is 12.9. The van der Waals surface area contributed by atoms with E-state index in [0.29, 0.717) is 12.5 Å². The van der Waals surface area contributed by atoms with Gasteiger partial charge in [-0.1, -0.05) is 6.92 Å². The molecule has 21 heavy (non-hydrogen) atoms. The first-order chi connectivity index (χ1) is 10.2. The Balaban J connectivity index is 1.55. The predicted molar refractivity (Wildman–Crippen MR) is 84.7 cm³/mol. The monoisotopic (exact) mass is 290 g/mol. The Labute approximate surface area is 126 Å². The fourth-order valence-corrected chi connectivity index (χ4v) is 3.00. The average molecular weight is 290 g/mol. The van der Waals surface area contributed by atoms with E-state index in [0.717, 1.165) is 37.8 Å². The lowest BCUT2D eigenvalue weighted by Gasteiger charge is -2.32. The molecule has 3 rings (SSSR count). The molecule has 1 saturated carbocycles. The van der Waals surface area contributed by atoms with Crippen LogP contribution in [0.1, 0.15) is 32.6 Å². The largest absolute Gasteiger partial charge is 0.370 e. The Morgan fingerprint density at radius 2 is 2.24 bits per heavy atom. The second-order valence-electron chi connectivity index (χ2n) is 6.62. The quantitative estimate of drug-likeness (QED) is 0.806. The standard InChI is InChI=1S/C16H26N4O/c1-13-3-2-7-19(12-13)15-9-16(21)20(18-11-15)8-6-17-10-14-4-5-14/h9,11,13-14,17H,2-8,10,12H2,1H3. The molecule has 2 fully saturated rings. The van der Waals surface area contributed by atoms with Crippen molar-refractivity contribution in [1.29, 1.82) is 0 Å². The maximum Gasteiger partial charge on any atom is 0.268 e. The molecule has 2 heterocycles. The summed E-state index contributed by atoms with van der Waals surface area (Å²) in [6, 6.07) is 1.74. The van der Waals surface area contributed by atoms with Crippen molar-refractivity contribution < 1.29 is 0 Å². The van der Waals surface area contributed by atoms with Crippen LogP contribution < -0.4 is 15.8 Å². The lowest BCUT2D eigenvalue weighted by Crippen LogP contribution is -2.36. The molecule has 1 unspecified atom stereocenters. The molecule has 0 amide bonds. The molecule has 0 spiro atoms. The molecule has 1 aliphatic carbocycles. The van der Waals surface area contributed by atoms with E-state index < -0.39 is 0 Å². The summed E-state index contributed by atoms with van der Waals surface area (Å²) in [6.45, 7) is 6.91. The minimum Gasteiger partial charge on any atom is -0.370 e. The van der Waals surface area contributed by atoms with Crippen LogP contribution in [0.3, 0.4) is 0 Å². The van der Waals surface area contributed by atoms with Crippen molar-refractivity contribution in [2.24, 2.45) is 11.8 Å². The van der Waals surface area contributed by atoms with E-state index >= 15 is 0 Å². The summed E-state index contributed by atoms with van der Waals surface area (Å²) < 4.78 is 1.57. The van der Waals surface area contributed by atoms with E-state index in [-0.39, 0.29) is 5.56 Å². The lowest BCUT2D eigenvalue weighted by molar-refractivity contribution is 0.445. The Morgan fingerprint density at radius 1 is 1.38 bits per heavy atom. The number of anilines is 1. The molecule has 1 N–H and O–H groups in total. The molecule has 1 aromatic heterocycles. The van der Waals surface area contributed by atoms with Crippen LogP contribution in [0.25, 0.3) is 0 Å². The summed E-state index contributed by atoms with van der Waals surface area (Å²) in [7, 11) is 0. The average Bonchev–Trinajstić information content (AvgIpc) is 3.29. The normalized spacial score (nSPS) is 22.5. The van der Waals surface area contributed by atoms with Gasteiger partial charge in [0.25, 0.3) is 5.56 Å². The molecule has 1 aliphatic heterocycles. The maximum absolute atomic E-state index is 12.2. The molecule has 5 nitrogen and oxygen atoms in total. The van der Waals surface area contributed by atoms with Crippen LogP contribution in [-0.2, 0) is 6.54 Å². The first kappa shape index (κ1) is 14.6. The molecular formula is C16H26N4O. The van der Waals surface area contributed by atoms with Gasteiger partial charge in [0.1, 0.15) is 0 Å². The van der Waals surface area contributed by atoms with Gasteiger partial charge in [0.2, 0.25) is 0 Å². The van der Waals surface area contributed by atoms with E-state index in [1.807, 2.05) is 6.20 Å². The third-order valence-corrected chi connectivity index (χ3v) is 4.51. The van der Waals surface area contributed by atoms with Crippen molar-refractivity contribution in [2.45, 2.75) is 39.2 Å². The van der Waals surface area contributed by atoms with Gasteiger partial charge in [-0.3, -0.25) is 4.79 Å². The molecule has 0 bridgehead atoms. The van der Waals surface area contributed by atoms with Gasteiger partial charge in [-0.05, 0) is 44.1 Å². The highest BCUT2D eigenvalue weighted by atomic mass is 16.1. The number of nitrogens with zero attached hydrogens (tertiary/aromatic N) is 3. The second-order valence-corrected chi connectivity index (χ2v) is 6.62. The first-order valence-electron chi connectivity index (χ1n) is 8.25. The van der Waals surface area contributed by atoms with Crippen LogP contribution in [0, 0.1) is 11.8 Å². The van der Waals surface area contributed by atoms with Gasteiger partial charge in [-0.15, -0.1) is 0 Å². The topological polar surface area (TPSA) is 50.2 Å². The van der Waals surface area contributed by atoms with Gasteiger partial charge < -0.3 is 10.2 Å². The molecule has 0 aromatic carbocycles. The highest BCUT2D eigenvalue weighted by Gasteiger charge is 2.20. The summed E-state index contributed by atoms with van der Waals surface area (Å²) in [4.78, 5) is 14.4. The Bertz CT molecular complexity index is 523. The van der Waals surface area contributed by atoms with Gasteiger partial charge in [0, 0.05) is 25.7 Å². The molecule has 1 saturated heterocycles. The summed E-state index contributed by atoms with van der Waals surface area (Å²) in [5.74, 6) is 1.57. The number of aromatic nitrogens is 2. The van der Waals surface area contributed by atoms with Crippen molar-refractivity contribution in [3.05, 3.63) is 22.6 Å². The lowest BCUT2D eigenvalue weighted by atomic mass is 10.00. The second kappa shape index (κ2) is 6.60. The Kier molecular flexibility index (Phi) is 4.58. The van der Waals surface area contributed by atoms with E-state index in [4.69, 9.17) is 0 Å². The fraction of sp³-hybridized carbons (Fsp3) is 0.750. The fourth-order valence-electron chi connectivity index (χ4n) is 3.00. The van der Waals surface area contributed by atoms with Gasteiger partial charge in [-0.25, -0.2) is 4.68 Å². The van der Waals surface area contributed by atoms with Crippen LogP contribution >= 0.6 is 0 Å². The highest BCUT2D eigenvalue weighted by molar-refractivity contribution is 5.43. The summed E-state index contributed by atoms with van der Waals surface area (Å²) in [6.07, 6.45) is 7.05. The molecule has 1 aromatic rings. The number of hydrogen-bond acceptors (Lipinski definition) is 4. The molecule has 0 radical (unpaired) electrons. The van der Waals surface area contributed by atoms with E-state index in [1.54, 1.807) is 10.7 Å².